The van der Waals surface area contributed by atoms with Crippen molar-refractivity contribution >= 4 is 11.9 Å². The highest BCUT2D eigenvalue weighted by atomic mass is 16.5. The molecular weight excluding hydrogens is 308 g/mol. The smallest absolute Gasteiger partial charge is 0.314 e. The molecule has 1 aliphatic rings. The minimum absolute atomic E-state index is 0.229. The SMILES string of the molecule is CCCCCCCC[C@]1(O)C[C@](C)(C(=O)OC)C[C@@]1(C)C(=O)OC. The van der Waals surface area contributed by atoms with Crippen molar-refractivity contribution in [2.75, 3.05) is 14.2 Å². The maximum absolute atomic E-state index is 12.4. The Labute approximate surface area is 146 Å². The lowest BCUT2D eigenvalue weighted by atomic mass is 9.73. The molecule has 3 atom stereocenters. The molecule has 0 aromatic rings. The van der Waals surface area contributed by atoms with Gasteiger partial charge in [0.25, 0.3) is 0 Å². The molecule has 0 aromatic carbocycles. The van der Waals surface area contributed by atoms with E-state index in [0.717, 1.165) is 19.3 Å². The van der Waals surface area contributed by atoms with Gasteiger partial charge in [-0.15, -0.1) is 0 Å². The summed E-state index contributed by atoms with van der Waals surface area (Å²) in [7, 11) is 2.67. The first-order valence-electron chi connectivity index (χ1n) is 9.08. The highest BCUT2D eigenvalue weighted by Crippen LogP contribution is 2.58. The summed E-state index contributed by atoms with van der Waals surface area (Å²) in [4.78, 5) is 24.6. The van der Waals surface area contributed by atoms with Gasteiger partial charge in [0.2, 0.25) is 0 Å². The van der Waals surface area contributed by atoms with E-state index >= 15 is 0 Å². The normalized spacial score (nSPS) is 32.6. The van der Waals surface area contributed by atoms with Crippen molar-refractivity contribution in [1.82, 2.24) is 0 Å². The predicted octanol–water partition coefficient (Wildman–Crippen LogP) is 3.62. The van der Waals surface area contributed by atoms with E-state index in [1.165, 1.54) is 33.5 Å². The average Bonchev–Trinajstić information content (AvgIpc) is 2.77. The topological polar surface area (TPSA) is 72.8 Å². The van der Waals surface area contributed by atoms with Gasteiger partial charge in [-0.05, 0) is 33.1 Å². The molecule has 0 heterocycles. The Morgan fingerprint density at radius 1 is 0.917 bits per heavy atom. The lowest BCUT2D eigenvalue weighted by Crippen LogP contribution is -2.47. The molecule has 140 valence electrons. The summed E-state index contributed by atoms with van der Waals surface area (Å²) >= 11 is 0. The van der Waals surface area contributed by atoms with Crippen LogP contribution in [-0.4, -0.2) is 36.9 Å². The van der Waals surface area contributed by atoms with E-state index in [9.17, 15) is 14.7 Å². The van der Waals surface area contributed by atoms with Crippen molar-refractivity contribution in [3.05, 3.63) is 0 Å². The molecular formula is C19H34O5. The number of rotatable bonds is 9. The van der Waals surface area contributed by atoms with Gasteiger partial charge in [0, 0.05) is 0 Å². The zero-order valence-electron chi connectivity index (χ0n) is 15.9. The van der Waals surface area contributed by atoms with Crippen LogP contribution in [0.15, 0.2) is 0 Å². The second kappa shape index (κ2) is 8.32. The Kier molecular flexibility index (Phi) is 7.26. The van der Waals surface area contributed by atoms with Gasteiger partial charge in [-0.1, -0.05) is 45.4 Å². The number of ether oxygens (including phenoxy) is 2. The summed E-state index contributed by atoms with van der Waals surface area (Å²) in [5.74, 6) is -0.833. The first-order valence-corrected chi connectivity index (χ1v) is 9.08. The molecule has 24 heavy (non-hydrogen) atoms. The molecule has 5 nitrogen and oxygen atoms in total. The van der Waals surface area contributed by atoms with Crippen molar-refractivity contribution in [1.29, 1.82) is 0 Å². The summed E-state index contributed by atoms with van der Waals surface area (Å²) < 4.78 is 9.85. The molecule has 0 amide bonds. The minimum Gasteiger partial charge on any atom is -0.469 e. The molecule has 1 saturated carbocycles. The van der Waals surface area contributed by atoms with Gasteiger partial charge in [-0.25, -0.2) is 0 Å². The third-order valence-corrected chi connectivity index (χ3v) is 5.71. The van der Waals surface area contributed by atoms with Crippen LogP contribution in [0.1, 0.15) is 78.6 Å². The number of unbranched alkanes of at least 4 members (excludes halogenated alkanes) is 5. The Bertz CT molecular complexity index is 449. The number of hydrogen-bond acceptors (Lipinski definition) is 5. The Morgan fingerprint density at radius 2 is 1.46 bits per heavy atom. The molecule has 0 spiro atoms. The fourth-order valence-electron chi connectivity index (χ4n) is 4.29. The number of esters is 2. The molecule has 0 aromatic heterocycles. The van der Waals surface area contributed by atoms with E-state index in [0.29, 0.717) is 6.42 Å². The lowest BCUT2D eigenvalue weighted by Gasteiger charge is -2.37. The van der Waals surface area contributed by atoms with Crippen LogP contribution >= 0.6 is 0 Å². The molecule has 1 N–H and O–H groups in total. The molecule has 0 saturated heterocycles. The van der Waals surface area contributed by atoms with Gasteiger partial charge in [-0.3, -0.25) is 9.59 Å². The van der Waals surface area contributed by atoms with Crippen molar-refractivity contribution in [3.63, 3.8) is 0 Å². The summed E-state index contributed by atoms with van der Waals surface area (Å²) in [6.07, 6.45) is 7.58. The standard InChI is InChI=1S/C19H34O5/c1-6-7-8-9-10-11-12-19(22)14-17(2,15(20)23-4)13-18(19,3)16(21)24-5/h22H,6-14H2,1-5H3/t17-,18+,19+/m1/s1. The van der Waals surface area contributed by atoms with Gasteiger partial charge in [0.15, 0.2) is 0 Å². The van der Waals surface area contributed by atoms with Crippen molar-refractivity contribution in [2.24, 2.45) is 10.8 Å². The fourth-order valence-corrected chi connectivity index (χ4v) is 4.29. The monoisotopic (exact) mass is 342 g/mol. The van der Waals surface area contributed by atoms with Crippen LogP contribution in [0.25, 0.3) is 0 Å². The minimum atomic E-state index is -1.24. The first kappa shape index (κ1) is 20.9. The summed E-state index contributed by atoms with van der Waals surface area (Å²) in [6, 6.07) is 0. The van der Waals surface area contributed by atoms with Crippen LogP contribution in [0.3, 0.4) is 0 Å². The van der Waals surface area contributed by atoms with Crippen LogP contribution in [0, 0.1) is 10.8 Å². The summed E-state index contributed by atoms with van der Waals surface area (Å²) in [6.45, 7) is 5.65. The van der Waals surface area contributed by atoms with E-state index in [2.05, 4.69) is 6.92 Å². The molecule has 0 radical (unpaired) electrons. The van der Waals surface area contributed by atoms with Crippen molar-refractivity contribution in [2.45, 2.75) is 84.2 Å². The van der Waals surface area contributed by atoms with Gasteiger partial charge < -0.3 is 14.6 Å². The highest BCUT2D eigenvalue weighted by Gasteiger charge is 2.65. The van der Waals surface area contributed by atoms with E-state index in [4.69, 9.17) is 9.47 Å². The van der Waals surface area contributed by atoms with Crippen molar-refractivity contribution in [3.8, 4) is 0 Å². The number of carbonyl (C=O) groups is 2. The largest absolute Gasteiger partial charge is 0.469 e. The van der Waals surface area contributed by atoms with Crippen molar-refractivity contribution < 1.29 is 24.2 Å². The maximum Gasteiger partial charge on any atom is 0.314 e. The van der Waals surface area contributed by atoms with Crippen LogP contribution in [-0.2, 0) is 19.1 Å². The van der Waals surface area contributed by atoms with Crippen LogP contribution in [0.4, 0.5) is 0 Å². The molecule has 0 bridgehead atoms. The molecule has 5 heteroatoms. The molecule has 1 aliphatic carbocycles. The second-order valence-electron chi connectivity index (χ2n) is 7.78. The highest BCUT2D eigenvalue weighted by molar-refractivity contribution is 5.83. The first-order chi connectivity index (χ1) is 11.2. The quantitative estimate of drug-likeness (QED) is 0.512. The van der Waals surface area contributed by atoms with E-state index in [-0.39, 0.29) is 18.8 Å². The number of methoxy groups -OCH3 is 2. The molecule has 1 rings (SSSR count). The van der Waals surface area contributed by atoms with Gasteiger partial charge in [0.05, 0.1) is 30.7 Å². The van der Waals surface area contributed by atoms with Gasteiger partial charge in [0.1, 0.15) is 0 Å². The zero-order valence-corrected chi connectivity index (χ0v) is 15.9. The Balaban J connectivity index is 2.86. The predicted molar refractivity (Wildman–Crippen MR) is 92.4 cm³/mol. The van der Waals surface area contributed by atoms with E-state index in [1.807, 2.05) is 0 Å². The summed E-state index contributed by atoms with van der Waals surface area (Å²) in [5, 5.41) is 11.3. The maximum atomic E-state index is 12.4. The fraction of sp³-hybridized carbons (Fsp3) is 0.895. The Hall–Kier alpha value is -1.10. The van der Waals surface area contributed by atoms with Crippen LogP contribution in [0.2, 0.25) is 0 Å². The average molecular weight is 342 g/mol. The van der Waals surface area contributed by atoms with Gasteiger partial charge in [-0.2, -0.15) is 0 Å². The van der Waals surface area contributed by atoms with E-state index in [1.54, 1.807) is 13.8 Å². The number of aliphatic hydroxyl groups is 1. The molecule has 0 aliphatic heterocycles. The lowest BCUT2D eigenvalue weighted by molar-refractivity contribution is -0.167. The third kappa shape index (κ3) is 4.11. The number of hydrogen-bond donors (Lipinski definition) is 1. The third-order valence-electron chi connectivity index (χ3n) is 5.71. The zero-order chi connectivity index (χ0) is 18.4. The second-order valence-corrected chi connectivity index (χ2v) is 7.78. The molecule has 0 unspecified atom stereocenters. The Morgan fingerprint density at radius 3 is 2.00 bits per heavy atom. The van der Waals surface area contributed by atoms with Gasteiger partial charge >= 0.3 is 11.9 Å². The number of carbonyl (C=O) groups excluding carboxylic acids is 2. The van der Waals surface area contributed by atoms with Crippen LogP contribution < -0.4 is 0 Å². The molecule has 1 fully saturated rings. The van der Waals surface area contributed by atoms with Crippen LogP contribution in [0.5, 0.6) is 0 Å². The summed E-state index contributed by atoms with van der Waals surface area (Å²) in [5.41, 5.74) is -3.20. The van der Waals surface area contributed by atoms with E-state index < -0.39 is 22.4 Å².